The molecule has 2 rings (SSSR count). The summed E-state index contributed by atoms with van der Waals surface area (Å²) in [6.07, 6.45) is 0. The Labute approximate surface area is 120 Å². The van der Waals surface area contributed by atoms with Crippen molar-refractivity contribution in [1.29, 1.82) is 0 Å². The molecule has 108 valence electrons. The summed E-state index contributed by atoms with van der Waals surface area (Å²) in [7, 11) is -6.00. The summed E-state index contributed by atoms with van der Waals surface area (Å²) in [6.45, 7) is 2.30. The van der Waals surface area contributed by atoms with Gasteiger partial charge in [-0.15, -0.1) is 0 Å². The van der Waals surface area contributed by atoms with Gasteiger partial charge in [0.15, 0.2) is 0 Å². The summed E-state index contributed by atoms with van der Waals surface area (Å²) < 4.78 is 42.1. The number of halogens is 4. The van der Waals surface area contributed by atoms with E-state index in [1.807, 2.05) is 0 Å². The smallest absolute Gasteiger partial charge is 0.418 e. The molecule has 2 aromatic carbocycles. The van der Waals surface area contributed by atoms with Crippen molar-refractivity contribution < 1.29 is 17.3 Å². The van der Waals surface area contributed by atoms with Gasteiger partial charge in [-0.25, -0.2) is 0 Å². The van der Waals surface area contributed by atoms with Crippen molar-refractivity contribution in [3.05, 3.63) is 60.7 Å². The Bertz CT molecular complexity index is 442. The van der Waals surface area contributed by atoms with Crippen molar-refractivity contribution in [2.75, 3.05) is 0 Å². The van der Waals surface area contributed by atoms with E-state index >= 15 is 0 Å². The molecule has 0 spiro atoms. The Morgan fingerprint density at radius 3 is 1.30 bits per heavy atom. The van der Waals surface area contributed by atoms with Crippen LogP contribution in [-0.4, -0.2) is 21.2 Å². The third-order valence-corrected chi connectivity index (χ3v) is 7.09. The van der Waals surface area contributed by atoms with E-state index in [0.717, 1.165) is 0 Å². The van der Waals surface area contributed by atoms with Gasteiger partial charge in [0.25, 0.3) is 0 Å². The molecule has 0 unspecified atom stereocenters. The molecule has 6 heteroatoms. The van der Waals surface area contributed by atoms with E-state index in [4.69, 9.17) is 0 Å². The van der Waals surface area contributed by atoms with E-state index in [1.54, 1.807) is 0 Å². The predicted octanol–water partition coefficient (Wildman–Crippen LogP) is 3.62. The molecule has 0 heterocycles. The van der Waals surface area contributed by atoms with Crippen LogP contribution in [0.5, 0.6) is 0 Å². The van der Waals surface area contributed by atoms with Crippen molar-refractivity contribution in [2.24, 2.45) is 0 Å². The quantitative estimate of drug-likeness (QED) is 0.587. The van der Waals surface area contributed by atoms with Crippen LogP contribution in [0.1, 0.15) is 6.92 Å². The summed E-state index contributed by atoms with van der Waals surface area (Å²) >= 11 is -0.783. The second-order valence-electron chi connectivity index (χ2n) is 3.80. The van der Waals surface area contributed by atoms with Gasteiger partial charge in [0, 0.05) is 0 Å². The molecule has 0 amide bonds. The van der Waals surface area contributed by atoms with E-state index in [0.29, 0.717) is 0 Å². The third-order valence-electron chi connectivity index (χ3n) is 2.34. The fourth-order valence-corrected chi connectivity index (χ4v) is 5.65. The summed E-state index contributed by atoms with van der Waals surface area (Å²) in [5, 5.41) is 1.27. The van der Waals surface area contributed by atoms with E-state index in [2.05, 4.69) is 67.6 Å². The molecule has 2 aromatic rings. The maximum Gasteiger partial charge on any atom is 0.673 e. The molecule has 0 aromatic heterocycles. The zero-order valence-corrected chi connectivity index (χ0v) is 12.7. The van der Waals surface area contributed by atoms with Gasteiger partial charge in [0.2, 0.25) is 0 Å². The predicted molar refractivity (Wildman–Crippen MR) is 78.6 cm³/mol. The third kappa shape index (κ3) is 6.78. The minimum absolute atomic E-state index is 0.783. The molecule has 0 aliphatic carbocycles. The summed E-state index contributed by atoms with van der Waals surface area (Å²) in [6, 6.07) is 21.8. The number of benzene rings is 2. The first-order valence-corrected chi connectivity index (χ1v) is 9.02. The second kappa shape index (κ2) is 8.13. The monoisotopic (exact) mass is 350 g/mol. The molecule has 0 aliphatic heterocycles. The van der Waals surface area contributed by atoms with Crippen molar-refractivity contribution in [3.63, 3.8) is 0 Å². The molecule has 0 saturated carbocycles. The average molecular weight is 349 g/mol. The van der Waals surface area contributed by atoms with Gasteiger partial charge in [-0.1, -0.05) is 0 Å². The van der Waals surface area contributed by atoms with Gasteiger partial charge < -0.3 is 17.3 Å². The van der Waals surface area contributed by atoms with Gasteiger partial charge in [-0.05, 0) is 0 Å². The molecule has 20 heavy (non-hydrogen) atoms. The SMILES string of the molecule is CC[Se+](c1ccccc1)c1ccccc1.F[B-](F)(F)F. The summed E-state index contributed by atoms with van der Waals surface area (Å²) in [5.41, 5.74) is 0. The molecule has 0 bridgehead atoms. The Balaban J connectivity index is 0.000000347. The van der Waals surface area contributed by atoms with Gasteiger partial charge in [0.05, 0.1) is 0 Å². The van der Waals surface area contributed by atoms with Crippen LogP contribution in [0.4, 0.5) is 17.3 Å². The van der Waals surface area contributed by atoms with Gasteiger partial charge in [0.1, 0.15) is 0 Å². The topological polar surface area (TPSA) is 0 Å². The van der Waals surface area contributed by atoms with Crippen LogP contribution in [0.15, 0.2) is 60.7 Å². The molecular weight excluding hydrogens is 334 g/mol. The first-order chi connectivity index (χ1) is 9.42. The van der Waals surface area contributed by atoms with Crippen molar-refractivity contribution >= 4 is 30.1 Å². The van der Waals surface area contributed by atoms with E-state index in [9.17, 15) is 17.3 Å². The fourth-order valence-electron chi connectivity index (χ4n) is 1.64. The molecule has 0 saturated heterocycles. The largest absolute Gasteiger partial charge is 0.673 e. The van der Waals surface area contributed by atoms with Crippen LogP contribution in [0.2, 0.25) is 5.32 Å². The van der Waals surface area contributed by atoms with Gasteiger partial charge >= 0.3 is 103 Å². The first-order valence-electron chi connectivity index (χ1n) is 6.10. The van der Waals surface area contributed by atoms with Crippen LogP contribution in [0, 0.1) is 0 Å². The number of rotatable bonds is 3. The molecule has 0 aliphatic rings. The minimum atomic E-state index is -6.00. The molecular formula is C14H15BF4Se. The summed E-state index contributed by atoms with van der Waals surface area (Å²) in [4.78, 5) is 0. The Hall–Kier alpha value is -1.26. The molecule has 0 N–H and O–H groups in total. The van der Waals surface area contributed by atoms with E-state index in [-0.39, 0.29) is 0 Å². The zero-order valence-electron chi connectivity index (χ0n) is 11.0. The Kier molecular flexibility index (Phi) is 6.82. The zero-order chi connectivity index (χ0) is 15.0. The van der Waals surface area contributed by atoms with E-state index < -0.39 is 21.2 Å². The van der Waals surface area contributed by atoms with Crippen molar-refractivity contribution in [2.45, 2.75) is 12.2 Å². The normalized spacial score (nSPS) is 10.9. The maximum atomic E-state index is 9.75. The summed E-state index contributed by atoms with van der Waals surface area (Å²) in [5.74, 6) is 0. The van der Waals surface area contributed by atoms with Gasteiger partial charge in [-0.3, -0.25) is 0 Å². The van der Waals surface area contributed by atoms with Gasteiger partial charge in [-0.2, -0.15) is 0 Å². The standard InChI is InChI=1S/C14H15Se.BF4/c1-2-15(13-9-5-3-6-10-13)14-11-7-4-8-12-14;2-1(3,4)5/h3-12H,2H2,1H3;/q+1;-1. The molecule has 0 atom stereocenters. The van der Waals surface area contributed by atoms with E-state index in [1.165, 1.54) is 14.2 Å². The van der Waals surface area contributed by atoms with Crippen LogP contribution in [-0.2, 0) is 0 Å². The van der Waals surface area contributed by atoms with Crippen molar-refractivity contribution in [3.8, 4) is 0 Å². The van der Waals surface area contributed by atoms with Crippen molar-refractivity contribution in [1.82, 2.24) is 0 Å². The molecule has 0 radical (unpaired) electrons. The number of hydrogen-bond acceptors (Lipinski definition) is 0. The first kappa shape index (κ1) is 16.8. The minimum Gasteiger partial charge on any atom is -0.418 e. The molecule has 0 fully saturated rings. The maximum absolute atomic E-state index is 9.75. The van der Waals surface area contributed by atoms with Crippen LogP contribution < -0.4 is 8.92 Å². The number of hydrogen-bond donors (Lipinski definition) is 0. The average Bonchev–Trinajstić information content (AvgIpc) is 2.40. The van der Waals surface area contributed by atoms with Crippen LogP contribution in [0.3, 0.4) is 0 Å². The van der Waals surface area contributed by atoms with Crippen LogP contribution in [0.25, 0.3) is 0 Å². The molecule has 0 nitrogen and oxygen atoms in total. The van der Waals surface area contributed by atoms with Crippen LogP contribution >= 0.6 is 0 Å². The second-order valence-corrected chi connectivity index (χ2v) is 8.63. The fraction of sp³-hybridized carbons (Fsp3) is 0.143. The Morgan fingerprint density at radius 2 is 1.05 bits per heavy atom. The Morgan fingerprint density at radius 1 is 0.750 bits per heavy atom.